The number of primary amides is 1. The van der Waals surface area contributed by atoms with E-state index in [1.807, 2.05) is 60.8 Å². The molecule has 3 amide bonds. The van der Waals surface area contributed by atoms with E-state index in [-0.39, 0.29) is 5.91 Å². The van der Waals surface area contributed by atoms with Gasteiger partial charge in [0.15, 0.2) is 0 Å². The van der Waals surface area contributed by atoms with Crippen molar-refractivity contribution in [3.8, 4) is 0 Å². The highest BCUT2D eigenvalue weighted by molar-refractivity contribution is 6.07. The Morgan fingerprint density at radius 3 is 2.27 bits per heavy atom. The van der Waals surface area contributed by atoms with Crippen molar-refractivity contribution in [2.24, 2.45) is 5.73 Å². The summed E-state index contributed by atoms with van der Waals surface area (Å²) in [5.74, 6) is -0.127. The standard InChI is InChI=1S/C24H22N4O2/c25-24(30)27-19-12-10-17(11-13-19)14-26-23(29)21-16-28(15-18-6-2-1-3-7-18)22-9-5-4-8-20(21)22/h1-13,16H,14-15H2,(H,26,29)(H3,25,27,30). The molecule has 150 valence electrons. The maximum Gasteiger partial charge on any atom is 0.316 e. The summed E-state index contributed by atoms with van der Waals surface area (Å²) in [4.78, 5) is 23.8. The molecule has 4 rings (SSSR count). The number of nitrogens with two attached hydrogens (primary N) is 1. The number of benzene rings is 3. The number of nitrogens with one attached hydrogen (secondary N) is 2. The maximum absolute atomic E-state index is 12.9. The van der Waals surface area contributed by atoms with Gasteiger partial charge in [0, 0.05) is 35.9 Å². The quantitative estimate of drug-likeness (QED) is 0.456. The molecule has 30 heavy (non-hydrogen) atoms. The first-order valence-corrected chi connectivity index (χ1v) is 9.65. The van der Waals surface area contributed by atoms with Crippen molar-refractivity contribution in [2.45, 2.75) is 13.1 Å². The molecule has 0 radical (unpaired) electrons. The summed E-state index contributed by atoms with van der Waals surface area (Å²) in [7, 11) is 0. The Morgan fingerprint density at radius 2 is 1.53 bits per heavy atom. The number of carbonyl (C=O) groups excluding carboxylic acids is 2. The van der Waals surface area contributed by atoms with Crippen LogP contribution in [0.2, 0.25) is 0 Å². The minimum absolute atomic E-state index is 0.127. The second kappa shape index (κ2) is 8.53. The van der Waals surface area contributed by atoms with E-state index in [9.17, 15) is 9.59 Å². The fourth-order valence-corrected chi connectivity index (χ4v) is 3.46. The van der Waals surface area contributed by atoms with Crippen LogP contribution in [-0.4, -0.2) is 16.5 Å². The van der Waals surface area contributed by atoms with E-state index in [1.165, 1.54) is 5.56 Å². The van der Waals surface area contributed by atoms with Gasteiger partial charge in [0.2, 0.25) is 0 Å². The Morgan fingerprint density at radius 1 is 0.833 bits per heavy atom. The van der Waals surface area contributed by atoms with Crippen LogP contribution in [0.3, 0.4) is 0 Å². The van der Waals surface area contributed by atoms with Gasteiger partial charge < -0.3 is 20.9 Å². The first kappa shape index (κ1) is 19.3. The number of fused-ring (bicyclic) bond motifs is 1. The van der Waals surface area contributed by atoms with Gasteiger partial charge in [0.05, 0.1) is 5.56 Å². The highest BCUT2D eigenvalue weighted by Gasteiger charge is 2.15. The van der Waals surface area contributed by atoms with Crippen LogP contribution < -0.4 is 16.4 Å². The zero-order chi connectivity index (χ0) is 20.9. The number of urea groups is 1. The van der Waals surface area contributed by atoms with Crippen molar-refractivity contribution in [1.29, 1.82) is 0 Å². The molecule has 0 saturated heterocycles. The zero-order valence-electron chi connectivity index (χ0n) is 16.3. The fourth-order valence-electron chi connectivity index (χ4n) is 3.46. The number of aromatic nitrogens is 1. The summed E-state index contributed by atoms with van der Waals surface area (Å²) in [6.45, 7) is 1.08. The first-order chi connectivity index (χ1) is 14.6. The molecule has 4 aromatic rings. The third kappa shape index (κ3) is 4.33. The number of nitrogens with zero attached hydrogens (tertiary/aromatic N) is 1. The molecule has 0 saturated carbocycles. The molecule has 3 aromatic carbocycles. The minimum atomic E-state index is -0.608. The third-order valence-corrected chi connectivity index (χ3v) is 4.90. The average molecular weight is 398 g/mol. The Labute approximate surface area is 174 Å². The molecular formula is C24H22N4O2. The Balaban J connectivity index is 1.51. The van der Waals surface area contributed by atoms with Crippen molar-refractivity contribution in [3.05, 3.63) is 102 Å². The van der Waals surface area contributed by atoms with Crippen LogP contribution in [-0.2, 0) is 13.1 Å². The van der Waals surface area contributed by atoms with Gasteiger partial charge in [-0.2, -0.15) is 0 Å². The SMILES string of the molecule is NC(=O)Nc1ccc(CNC(=O)c2cn(Cc3ccccc3)c3ccccc23)cc1. The van der Waals surface area contributed by atoms with Gasteiger partial charge in [-0.05, 0) is 29.3 Å². The van der Waals surface area contributed by atoms with Crippen LogP contribution in [0.1, 0.15) is 21.5 Å². The number of amides is 3. The molecule has 0 spiro atoms. The van der Waals surface area contributed by atoms with Gasteiger partial charge in [-0.1, -0.05) is 60.7 Å². The number of para-hydroxylation sites is 1. The Hall–Kier alpha value is -4.06. The molecule has 4 N–H and O–H groups in total. The van der Waals surface area contributed by atoms with E-state index in [4.69, 9.17) is 5.73 Å². The summed E-state index contributed by atoms with van der Waals surface area (Å²) in [6.07, 6.45) is 1.91. The molecular weight excluding hydrogens is 376 g/mol. The third-order valence-electron chi connectivity index (χ3n) is 4.90. The van der Waals surface area contributed by atoms with Crippen molar-refractivity contribution in [1.82, 2.24) is 9.88 Å². The summed E-state index contributed by atoms with van der Waals surface area (Å²) in [5, 5.41) is 6.42. The van der Waals surface area contributed by atoms with E-state index in [1.54, 1.807) is 12.1 Å². The van der Waals surface area contributed by atoms with E-state index in [0.29, 0.717) is 24.3 Å². The molecule has 6 nitrogen and oxygen atoms in total. The predicted molar refractivity (Wildman–Crippen MR) is 118 cm³/mol. The largest absolute Gasteiger partial charge is 0.351 e. The summed E-state index contributed by atoms with van der Waals surface area (Å²) in [5.41, 5.74) is 9.49. The van der Waals surface area contributed by atoms with Gasteiger partial charge in [-0.15, -0.1) is 0 Å². The number of carbonyl (C=O) groups is 2. The van der Waals surface area contributed by atoms with Crippen molar-refractivity contribution < 1.29 is 9.59 Å². The Bertz CT molecular complexity index is 1180. The normalized spacial score (nSPS) is 10.7. The molecule has 0 aliphatic carbocycles. The summed E-state index contributed by atoms with van der Waals surface area (Å²) >= 11 is 0. The lowest BCUT2D eigenvalue weighted by atomic mass is 10.1. The van der Waals surface area contributed by atoms with Gasteiger partial charge in [0.1, 0.15) is 0 Å². The molecule has 0 bridgehead atoms. The predicted octanol–water partition coefficient (Wildman–Crippen LogP) is 4.11. The summed E-state index contributed by atoms with van der Waals surface area (Å²) in [6, 6.07) is 24.6. The second-order valence-electron chi connectivity index (χ2n) is 7.04. The number of anilines is 1. The van der Waals surface area contributed by atoms with E-state index in [0.717, 1.165) is 16.5 Å². The van der Waals surface area contributed by atoms with Gasteiger partial charge >= 0.3 is 6.03 Å². The lowest BCUT2D eigenvalue weighted by Gasteiger charge is -2.06. The first-order valence-electron chi connectivity index (χ1n) is 9.65. The zero-order valence-corrected chi connectivity index (χ0v) is 16.3. The number of hydrogen-bond acceptors (Lipinski definition) is 2. The highest BCUT2D eigenvalue weighted by Crippen LogP contribution is 2.22. The van der Waals surface area contributed by atoms with Gasteiger partial charge in [0.25, 0.3) is 5.91 Å². The molecule has 6 heteroatoms. The molecule has 1 heterocycles. The highest BCUT2D eigenvalue weighted by atomic mass is 16.2. The average Bonchev–Trinajstić information content (AvgIpc) is 3.12. The molecule has 1 aromatic heterocycles. The van der Waals surface area contributed by atoms with Gasteiger partial charge in [-0.3, -0.25) is 4.79 Å². The van der Waals surface area contributed by atoms with Crippen molar-refractivity contribution >= 4 is 28.5 Å². The van der Waals surface area contributed by atoms with Crippen LogP contribution in [0, 0.1) is 0 Å². The van der Waals surface area contributed by atoms with Crippen LogP contribution in [0.15, 0.2) is 85.1 Å². The molecule has 0 fully saturated rings. The van der Waals surface area contributed by atoms with Crippen LogP contribution in [0.25, 0.3) is 10.9 Å². The lowest BCUT2D eigenvalue weighted by molar-refractivity contribution is 0.0952. The monoisotopic (exact) mass is 398 g/mol. The second-order valence-corrected chi connectivity index (χ2v) is 7.04. The number of hydrogen-bond donors (Lipinski definition) is 3. The molecule has 0 aliphatic heterocycles. The topological polar surface area (TPSA) is 89.2 Å². The lowest BCUT2D eigenvalue weighted by Crippen LogP contribution is -2.22. The number of rotatable bonds is 6. The Kier molecular flexibility index (Phi) is 5.48. The summed E-state index contributed by atoms with van der Waals surface area (Å²) < 4.78 is 2.10. The minimum Gasteiger partial charge on any atom is -0.351 e. The van der Waals surface area contributed by atoms with Crippen LogP contribution in [0.4, 0.5) is 10.5 Å². The molecule has 0 unspecified atom stereocenters. The fraction of sp³-hybridized carbons (Fsp3) is 0.0833. The molecule has 0 atom stereocenters. The van der Waals surface area contributed by atoms with Crippen molar-refractivity contribution in [3.63, 3.8) is 0 Å². The van der Waals surface area contributed by atoms with Crippen molar-refractivity contribution in [2.75, 3.05) is 5.32 Å². The van der Waals surface area contributed by atoms with Crippen LogP contribution >= 0.6 is 0 Å². The maximum atomic E-state index is 12.9. The molecule has 0 aliphatic rings. The van der Waals surface area contributed by atoms with Crippen LogP contribution in [0.5, 0.6) is 0 Å². The smallest absolute Gasteiger partial charge is 0.316 e. The van der Waals surface area contributed by atoms with E-state index in [2.05, 4.69) is 27.3 Å². The van der Waals surface area contributed by atoms with E-state index >= 15 is 0 Å². The van der Waals surface area contributed by atoms with Gasteiger partial charge in [-0.25, -0.2) is 4.79 Å². The van der Waals surface area contributed by atoms with E-state index < -0.39 is 6.03 Å².